The molecule has 0 spiro atoms. The number of nitrogens with zero attached hydrogens (tertiary/aromatic N) is 4. The van der Waals surface area contributed by atoms with Crippen LogP contribution in [-0.4, -0.2) is 27.4 Å². The van der Waals surface area contributed by atoms with Crippen molar-refractivity contribution in [2.45, 2.75) is 13.3 Å². The van der Waals surface area contributed by atoms with E-state index in [0.717, 1.165) is 6.42 Å². The van der Waals surface area contributed by atoms with Crippen molar-refractivity contribution in [2.24, 2.45) is 0 Å². The van der Waals surface area contributed by atoms with Gasteiger partial charge in [0.25, 0.3) is 5.91 Å². The summed E-state index contributed by atoms with van der Waals surface area (Å²) < 4.78 is 14.6. The first kappa shape index (κ1) is 17.2. The van der Waals surface area contributed by atoms with E-state index in [1.807, 2.05) is 13.0 Å². The minimum atomic E-state index is -0.572. The summed E-state index contributed by atoms with van der Waals surface area (Å²) >= 11 is 0. The third-order valence-electron chi connectivity index (χ3n) is 3.88. The summed E-state index contributed by atoms with van der Waals surface area (Å²) in [5, 5.41) is 12.8. The average Bonchev–Trinajstić information content (AvgIpc) is 2.66. The number of halogens is 1. The lowest BCUT2D eigenvalue weighted by atomic mass is 9.99. The lowest BCUT2D eigenvalue weighted by Crippen LogP contribution is -2.26. The summed E-state index contributed by atoms with van der Waals surface area (Å²) in [7, 11) is 0. The third kappa shape index (κ3) is 2.91. The van der Waals surface area contributed by atoms with E-state index in [2.05, 4.69) is 20.3 Å². The molecule has 130 valence electrons. The van der Waals surface area contributed by atoms with Crippen LogP contribution < -0.4 is 11.1 Å². The highest BCUT2D eigenvalue weighted by Gasteiger charge is 2.20. The van der Waals surface area contributed by atoms with E-state index in [9.17, 15) is 14.4 Å². The van der Waals surface area contributed by atoms with Crippen LogP contribution in [0.25, 0.3) is 22.0 Å². The second-order valence-electron chi connectivity index (χ2n) is 5.56. The second-order valence-corrected chi connectivity index (χ2v) is 5.56. The number of amides is 1. The quantitative estimate of drug-likeness (QED) is 0.746. The maximum Gasteiger partial charge on any atom is 0.272 e. The number of nitrogens with one attached hydrogen (secondary N) is 1. The number of anilines is 1. The average molecular weight is 350 g/mol. The van der Waals surface area contributed by atoms with Gasteiger partial charge >= 0.3 is 0 Å². The van der Waals surface area contributed by atoms with Gasteiger partial charge in [-0.15, -0.1) is 0 Å². The molecule has 0 saturated carbocycles. The highest BCUT2D eigenvalue weighted by molar-refractivity contribution is 6.09. The lowest BCUT2D eigenvalue weighted by Gasteiger charge is -2.12. The van der Waals surface area contributed by atoms with Crippen molar-refractivity contribution < 1.29 is 9.18 Å². The molecule has 0 bridgehead atoms. The van der Waals surface area contributed by atoms with Gasteiger partial charge in [-0.1, -0.05) is 6.92 Å². The smallest absolute Gasteiger partial charge is 0.272 e. The predicted octanol–water partition coefficient (Wildman–Crippen LogP) is 2.42. The number of nitrogen functional groups attached to an aromatic ring is 1. The van der Waals surface area contributed by atoms with Crippen molar-refractivity contribution >= 4 is 22.4 Å². The normalized spacial score (nSPS) is 10.5. The fraction of sp³-hybridized carbons (Fsp3) is 0.167. The maximum atomic E-state index is 14.6. The maximum absolute atomic E-state index is 14.6. The van der Waals surface area contributed by atoms with E-state index >= 15 is 0 Å². The van der Waals surface area contributed by atoms with Gasteiger partial charge in [-0.2, -0.15) is 5.26 Å². The summed E-state index contributed by atoms with van der Waals surface area (Å²) in [5.74, 6) is -0.964. The molecule has 0 atom stereocenters. The third-order valence-corrected chi connectivity index (χ3v) is 3.88. The van der Waals surface area contributed by atoms with Gasteiger partial charge in [0.1, 0.15) is 18.2 Å². The largest absolute Gasteiger partial charge is 0.396 e. The predicted molar refractivity (Wildman–Crippen MR) is 94.5 cm³/mol. The molecule has 0 fully saturated rings. The summed E-state index contributed by atoms with van der Waals surface area (Å²) in [4.78, 5) is 24.1. The van der Waals surface area contributed by atoms with Gasteiger partial charge in [0.05, 0.1) is 16.9 Å². The summed E-state index contributed by atoms with van der Waals surface area (Å²) in [6, 6.07) is 4.65. The van der Waals surface area contributed by atoms with Crippen LogP contribution >= 0.6 is 0 Å². The Bertz CT molecular complexity index is 1040. The fourth-order valence-corrected chi connectivity index (χ4v) is 2.64. The number of carbonyl (C=O) groups is 1. The molecule has 3 N–H and O–H groups in total. The number of hydrogen-bond donors (Lipinski definition) is 2. The van der Waals surface area contributed by atoms with Crippen LogP contribution in [0.3, 0.4) is 0 Å². The van der Waals surface area contributed by atoms with Crippen LogP contribution in [0.1, 0.15) is 29.4 Å². The standard InChI is InChI=1S/C18H15FN6O/c1-2-5-23-18(26)17-15(21)11-3-4-13(19)14(12(11)8-24-17)16-10(6-20)7-22-9-25-16/h3-4,7-9H,2,5,21H2,1H3,(H,23,26). The molecule has 26 heavy (non-hydrogen) atoms. The van der Waals surface area contributed by atoms with Gasteiger partial charge in [0, 0.05) is 35.3 Å². The SMILES string of the molecule is CCCNC(=O)c1ncc2c(-c3ncncc3C#N)c(F)ccc2c1N. The topological polar surface area (TPSA) is 118 Å². The number of hydrogen-bond acceptors (Lipinski definition) is 6. The van der Waals surface area contributed by atoms with Crippen LogP contribution in [0.2, 0.25) is 0 Å². The molecule has 0 saturated heterocycles. The molecule has 7 nitrogen and oxygen atoms in total. The van der Waals surface area contributed by atoms with Crippen molar-refractivity contribution in [3.8, 4) is 17.3 Å². The van der Waals surface area contributed by atoms with Crippen molar-refractivity contribution in [1.82, 2.24) is 20.3 Å². The molecule has 3 aromatic rings. The first-order chi connectivity index (χ1) is 12.6. The zero-order valence-electron chi connectivity index (χ0n) is 14.0. The van der Waals surface area contributed by atoms with Crippen LogP contribution in [0.15, 0.2) is 30.9 Å². The number of nitriles is 1. The van der Waals surface area contributed by atoms with Crippen LogP contribution in [0.5, 0.6) is 0 Å². The molecule has 0 unspecified atom stereocenters. The number of pyridine rings is 1. The molecule has 2 heterocycles. The van der Waals surface area contributed by atoms with Gasteiger partial charge < -0.3 is 11.1 Å². The van der Waals surface area contributed by atoms with Crippen molar-refractivity contribution in [3.63, 3.8) is 0 Å². The van der Waals surface area contributed by atoms with Crippen LogP contribution in [0, 0.1) is 17.1 Å². The second kappa shape index (κ2) is 7.11. The molecule has 8 heteroatoms. The Labute approximate surface area is 148 Å². The van der Waals surface area contributed by atoms with E-state index in [1.165, 1.54) is 30.9 Å². The monoisotopic (exact) mass is 350 g/mol. The number of fused-ring (bicyclic) bond motifs is 1. The Hall–Kier alpha value is -3.60. The van der Waals surface area contributed by atoms with Gasteiger partial charge in [-0.05, 0) is 18.6 Å². The summed E-state index contributed by atoms with van der Waals surface area (Å²) in [5.41, 5.74) is 6.71. The molecule has 3 rings (SSSR count). The molecule has 0 radical (unpaired) electrons. The van der Waals surface area contributed by atoms with Gasteiger partial charge in [0.15, 0.2) is 5.69 Å². The van der Waals surface area contributed by atoms with Crippen molar-refractivity contribution in [1.29, 1.82) is 5.26 Å². The Kier molecular flexibility index (Phi) is 4.71. The number of aromatic nitrogens is 3. The zero-order chi connectivity index (χ0) is 18.7. The number of benzene rings is 1. The van der Waals surface area contributed by atoms with E-state index in [1.54, 1.807) is 0 Å². The number of nitrogens with two attached hydrogens (primary N) is 1. The molecule has 0 aliphatic heterocycles. The lowest BCUT2D eigenvalue weighted by molar-refractivity contribution is 0.0950. The Morgan fingerprint density at radius 2 is 2.12 bits per heavy atom. The van der Waals surface area contributed by atoms with Gasteiger partial charge in [-0.3, -0.25) is 4.79 Å². The molecule has 0 aliphatic rings. The molecular formula is C18H15FN6O. The molecular weight excluding hydrogens is 335 g/mol. The Balaban J connectivity index is 2.24. The van der Waals surface area contributed by atoms with E-state index < -0.39 is 11.7 Å². The van der Waals surface area contributed by atoms with Crippen LogP contribution in [0.4, 0.5) is 10.1 Å². The Morgan fingerprint density at radius 3 is 2.85 bits per heavy atom. The summed E-state index contributed by atoms with van der Waals surface area (Å²) in [6.45, 7) is 2.43. The van der Waals surface area contributed by atoms with E-state index in [4.69, 9.17) is 5.73 Å². The Morgan fingerprint density at radius 1 is 1.31 bits per heavy atom. The minimum Gasteiger partial charge on any atom is -0.396 e. The zero-order valence-corrected chi connectivity index (χ0v) is 14.0. The van der Waals surface area contributed by atoms with Crippen LogP contribution in [-0.2, 0) is 0 Å². The van der Waals surface area contributed by atoms with Gasteiger partial charge in [-0.25, -0.2) is 19.3 Å². The number of carbonyl (C=O) groups excluding carboxylic acids is 1. The first-order valence-electron chi connectivity index (χ1n) is 7.93. The van der Waals surface area contributed by atoms with E-state index in [-0.39, 0.29) is 28.2 Å². The number of rotatable bonds is 4. The van der Waals surface area contributed by atoms with Crippen molar-refractivity contribution in [3.05, 3.63) is 47.9 Å². The highest BCUT2D eigenvalue weighted by atomic mass is 19.1. The minimum absolute atomic E-state index is 0.0757. The fourth-order valence-electron chi connectivity index (χ4n) is 2.64. The molecule has 1 amide bonds. The molecule has 2 aromatic heterocycles. The summed E-state index contributed by atoms with van der Waals surface area (Å²) in [6.07, 6.45) is 4.69. The first-order valence-corrected chi connectivity index (χ1v) is 7.93. The molecule has 1 aromatic carbocycles. The van der Waals surface area contributed by atoms with E-state index in [0.29, 0.717) is 17.3 Å². The molecule has 0 aliphatic carbocycles. The van der Waals surface area contributed by atoms with Gasteiger partial charge in [0.2, 0.25) is 0 Å². The van der Waals surface area contributed by atoms with Crippen molar-refractivity contribution in [2.75, 3.05) is 12.3 Å². The highest BCUT2D eigenvalue weighted by Crippen LogP contribution is 2.34.